The van der Waals surface area contributed by atoms with E-state index in [0.717, 1.165) is 36.9 Å². The van der Waals surface area contributed by atoms with Gasteiger partial charge < -0.3 is 38.8 Å². The van der Waals surface area contributed by atoms with E-state index in [0.29, 0.717) is 35.9 Å². The number of carbonyl (C=O) groups is 4. The number of ether oxygens (including phenoxy) is 5. The second kappa shape index (κ2) is 48.5. The molecule has 4 unspecified atom stereocenters. The highest BCUT2D eigenvalue weighted by molar-refractivity contribution is 8.04. The van der Waals surface area contributed by atoms with E-state index in [-0.39, 0.29) is 71.9 Å². The lowest BCUT2D eigenvalue weighted by Crippen LogP contribution is -2.31. The van der Waals surface area contributed by atoms with E-state index in [9.17, 15) is 39.9 Å². The predicted octanol–water partition coefficient (Wildman–Crippen LogP) is 15.5. The molecule has 0 radical (unpaired) electrons. The number of anilines is 1. The van der Waals surface area contributed by atoms with Gasteiger partial charge in [-0.1, -0.05) is 178 Å². The number of carboxylic acid groups (broad SMARTS) is 2. The minimum Gasteiger partial charge on any atom is -0.481 e. The number of allylic oxidation sites excluding steroid dienone is 5. The van der Waals surface area contributed by atoms with Crippen LogP contribution in [0.1, 0.15) is 206 Å². The SMILES string of the molecule is CCCCCCCCCCCCC/C=C/CC(CC(=O)OCCOCCOCCN(CCOCCOC(=O)CC(C/C=C/CCCCCCCCCCCCC)C(=O)O)c1ccc(/N=N/C2SC(C#N)=C(C)C2C#N)c(C)c1)C(=O)O. The summed E-state index contributed by atoms with van der Waals surface area (Å²) >= 11 is 1.24. The number of thioether (sulfide) groups is 1. The maximum absolute atomic E-state index is 12.6. The van der Waals surface area contributed by atoms with Gasteiger partial charge in [0.05, 0.1) is 81.0 Å². The number of benzene rings is 1. The standard InChI is InChI=1S/C64H101N5O11S/c1-5-7-9-11-13-15-17-19-21-23-25-27-29-31-33-54(63(72)73)48-60(70)79-45-43-77-40-38-69(56-35-36-58(52(3)47-56)67-68-62-57(50-65)53(4)59(51-66)81-62)37-39-76-41-42-78-44-46-80-61(71)49-55(64(74)75)34-32-30-28-26-24-22-20-18-16-14-12-10-8-6-2/h29-32,35-36,47,54-55,57,62H,5-28,33-34,37-46,48-49H2,1-4H3,(H,72,73)(H,74,75)/b31-29+,32-30+,68-67+. The Morgan fingerprint density at radius 2 is 1.02 bits per heavy atom. The van der Waals surface area contributed by atoms with Crippen molar-refractivity contribution < 1.29 is 53.1 Å². The fourth-order valence-electron chi connectivity index (χ4n) is 9.31. The molecule has 0 amide bonds. The molecule has 0 aromatic heterocycles. The quantitative estimate of drug-likeness (QED) is 0.0267. The average Bonchev–Trinajstić information content (AvgIpc) is 3.86. The van der Waals surface area contributed by atoms with Crippen LogP contribution >= 0.6 is 11.8 Å². The first-order chi connectivity index (χ1) is 39.4. The monoisotopic (exact) mass is 1150 g/mol. The van der Waals surface area contributed by atoms with Crippen LogP contribution in [0.5, 0.6) is 0 Å². The smallest absolute Gasteiger partial charge is 0.307 e. The molecule has 0 fully saturated rings. The molecule has 1 heterocycles. The van der Waals surface area contributed by atoms with Gasteiger partial charge in [0.2, 0.25) is 0 Å². The van der Waals surface area contributed by atoms with E-state index in [4.69, 9.17) is 23.7 Å². The van der Waals surface area contributed by atoms with Crippen LogP contribution in [-0.4, -0.2) is 105 Å². The normalized spacial score (nSPS) is 15.1. The first-order valence-corrected chi connectivity index (χ1v) is 31.6. The van der Waals surface area contributed by atoms with Crippen molar-refractivity contribution in [3.05, 3.63) is 58.5 Å². The van der Waals surface area contributed by atoms with Crippen LogP contribution in [0.3, 0.4) is 0 Å². The van der Waals surface area contributed by atoms with E-state index < -0.39 is 47.0 Å². The van der Waals surface area contributed by atoms with Gasteiger partial charge in [-0.15, -0.1) is 0 Å². The maximum atomic E-state index is 12.6. The molecule has 0 saturated carbocycles. The highest BCUT2D eigenvalue weighted by atomic mass is 32.2. The number of aliphatic carboxylic acids is 2. The second-order valence-corrected chi connectivity index (χ2v) is 22.4. The van der Waals surface area contributed by atoms with Crippen molar-refractivity contribution in [1.82, 2.24) is 0 Å². The molecule has 0 saturated heterocycles. The van der Waals surface area contributed by atoms with E-state index in [1.54, 1.807) is 6.92 Å². The van der Waals surface area contributed by atoms with Gasteiger partial charge in [0.25, 0.3) is 0 Å². The number of azo groups is 1. The molecule has 17 heteroatoms. The lowest BCUT2D eigenvalue weighted by Gasteiger charge is -2.25. The summed E-state index contributed by atoms with van der Waals surface area (Å²) in [5, 5.41) is 47.0. The van der Waals surface area contributed by atoms with E-state index in [1.165, 1.54) is 140 Å². The summed E-state index contributed by atoms with van der Waals surface area (Å²) in [5.74, 6) is -5.46. The van der Waals surface area contributed by atoms with Gasteiger partial charge in [-0.05, 0) is 81.7 Å². The van der Waals surface area contributed by atoms with Gasteiger partial charge in [0.1, 0.15) is 30.6 Å². The Bertz CT molecular complexity index is 2100. The molecular formula is C64H101N5O11S. The Balaban J connectivity index is 1.77. The number of nitriles is 2. The minimum atomic E-state index is -1.03. The summed E-state index contributed by atoms with van der Waals surface area (Å²) < 4.78 is 28.0. The van der Waals surface area contributed by atoms with Crippen molar-refractivity contribution in [1.29, 1.82) is 10.5 Å². The van der Waals surface area contributed by atoms with Gasteiger partial charge in [-0.25, -0.2) is 0 Å². The first kappa shape index (κ1) is 72.0. The minimum absolute atomic E-state index is 0.00237. The molecule has 2 rings (SSSR count). The van der Waals surface area contributed by atoms with Crippen molar-refractivity contribution in [2.24, 2.45) is 28.0 Å². The van der Waals surface area contributed by atoms with Crippen LogP contribution in [0.4, 0.5) is 11.4 Å². The molecule has 16 nitrogen and oxygen atoms in total. The van der Waals surface area contributed by atoms with Gasteiger partial charge in [0, 0.05) is 18.8 Å². The maximum Gasteiger partial charge on any atom is 0.307 e. The third kappa shape index (κ3) is 35.5. The van der Waals surface area contributed by atoms with E-state index in [1.807, 2.05) is 49.4 Å². The summed E-state index contributed by atoms with van der Waals surface area (Å²) in [6.45, 7) is 10.5. The summed E-state index contributed by atoms with van der Waals surface area (Å²) in [6, 6.07) is 10.1. The van der Waals surface area contributed by atoms with Crippen LogP contribution < -0.4 is 4.90 Å². The van der Waals surface area contributed by atoms with Crippen molar-refractivity contribution in [2.75, 3.05) is 70.8 Å². The molecule has 1 aliphatic heterocycles. The van der Waals surface area contributed by atoms with Gasteiger partial charge in [-0.2, -0.15) is 20.8 Å². The third-order valence-corrected chi connectivity index (χ3v) is 15.7. The van der Waals surface area contributed by atoms with Crippen LogP contribution in [0.15, 0.2) is 63.2 Å². The molecular weight excluding hydrogens is 1050 g/mol. The van der Waals surface area contributed by atoms with Gasteiger partial charge in [-0.3, -0.25) is 19.2 Å². The number of unbranched alkanes of at least 4 members (excludes halogenated alkanes) is 22. The van der Waals surface area contributed by atoms with Crippen LogP contribution in [0.2, 0.25) is 0 Å². The Morgan fingerprint density at radius 3 is 1.43 bits per heavy atom. The molecule has 0 aliphatic carbocycles. The summed E-state index contributed by atoms with van der Waals surface area (Å²) in [4.78, 5) is 51.5. The lowest BCUT2D eigenvalue weighted by molar-refractivity contribution is -0.152. The van der Waals surface area contributed by atoms with Crippen LogP contribution in [-0.2, 0) is 42.9 Å². The molecule has 81 heavy (non-hydrogen) atoms. The Morgan fingerprint density at radius 1 is 0.605 bits per heavy atom. The van der Waals surface area contributed by atoms with Crippen LogP contribution in [0.25, 0.3) is 0 Å². The summed E-state index contributed by atoms with van der Waals surface area (Å²) in [6.07, 6.45) is 37.8. The zero-order valence-corrected chi connectivity index (χ0v) is 50.8. The zero-order valence-electron chi connectivity index (χ0n) is 49.9. The number of carbonyl (C=O) groups excluding carboxylic acids is 2. The number of hydrogen-bond donors (Lipinski definition) is 2. The zero-order chi connectivity index (χ0) is 59.0. The molecule has 2 N–H and O–H groups in total. The molecule has 454 valence electrons. The van der Waals surface area contributed by atoms with Crippen molar-refractivity contribution in [2.45, 2.75) is 213 Å². The van der Waals surface area contributed by atoms with E-state index >= 15 is 0 Å². The molecule has 1 aromatic carbocycles. The molecule has 4 atom stereocenters. The number of rotatable bonds is 52. The van der Waals surface area contributed by atoms with Crippen molar-refractivity contribution in [3.63, 3.8) is 0 Å². The second-order valence-electron chi connectivity index (χ2n) is 21.2. The predicted molar refractivity (Wildman–Crippen MR) is 322 cm³/mol. The molecule has 1 aliphatic rings. The summed E-state index contributed by atoms with van der Waals surface area (Å²) in [7, 11) is 0. The first-order valence-electron chi connectivity index (χ1n) is 30.7. The number of carboxylic acids is 2. The number of nitrogens with zero attached hydrogens (tertiary/aromatic N) is 5. The topological polar surface area (TPSA) is 230 Å². The fourth-order valence-corrected chi connectivity index (χ4v) is 10.4. The Kier molecular flexibility index (Phi) is 43.1. The highest BCUT2D eigenvalue weighted by Crippen LogP contribution is 2.42. The van der Waals surface area contributed by atoms with Gasteiger partial charge in [0.15, 0.2) is 0 Å². The van der Waals surface area contributed by atoms with Crippen molar-refractivity contribution >= 4 is 47.0 Å². The third-order valence-electron chi connectivity index (χ3n) is 14.4. The summed E-state index contributed by atoms with van der Waals surface area (Å²) in [5.41, 5.74) is 3.03. The number of esters is 2. The molecule has 1 aromatic rings. The Hall–Kier alpha value is -5.07. The molecule has 0 spiro atoms. The Labute approximate surface area is 490 Å². The fraction of sp³-hybridized carbons (Fsp3) is 0.719. The van der Waals surface area contributed by atoms with Crippen molar-refractivity contribution in [3.8, 4) is 12.1 Å². The van der Waals surface area contributed by atoms with E-state index in [2.05, 4.69) is 41.1 Å². The average molecular weight is 1150 g/mol. The molecule has 0 bridgehead atoms. The van der Waals surface area contributed by atoms with Gasteiger partial charge >= 0.3 is 23.9 Å². The number of aryl methyl sites for hydroxylation is 1. The highest BCUT2D eigenvalue weighted by Gasteiger charge is 2.34. The van der Waals surface area contributed by atoms with Crippen LogP contribution in [0, 0.1) is 47.3 Å². The number of hydrogen-bond acceptors (Lipinski definition) is 15. The lowest BCUT2D eigenvalue weighted by atomic mass is 10.0. The largest absolute Gasteiger partial charge is 0.481 e.